The van der Waals surface area contributed by atoms with Crippen molar-refractivity contribution in [1.82, 2.24) is 10.6 Å². The van der Waals surface area contributed by atoms with Gasteiger partial charge in [-0.25, -0.2) is 4.79 Å². The molecule has 0 spiro atoms. The number of rotatable bonds is 12. The number of carbonyl (C=O) groups excluding carboxylic acids is 2. The Morgan fingerprint density at radius 1 is 0.788 bits per heavy atom. The molecule has 0 unspecified atom stereocenters. The van der Waals surface area contributed by atoms with Crippen LogP contribution in [-0.2, 0) is 32.0 Å². The fourth-order valence-electron chi connectivity index (χ4n) is 3.12. The highest BCUT2D eigenvalue weighted by Gasteiger charge is 2.28. The summed E-state index contributed by atoms with van der Waals surface area (Å²) in [5.74, 6) is -3.95. The van der Waals surface area contributed by atoms with Crippen molar-refractivity contribution in [1.29, 1.82) is 0 Å². The molecule has 0 heterocycles. The number of carboxylic acid groups (broad SMARTS) is 2. The van der Waals surface area contributed by atoms with Gasteiger partial charge in [0, 0.05) is 12.8 Å². The quantitative estimate of drug-likeness (QED) is 0.265. The third-order valence-electron chi connectivity index (χ3n) is 4.91. The first kappa shape index (κ1) is 25.3. The number of phenols is 1. The molecule has 33 heavy (non-hydrogen) atoms. The molecule has 7 N–H and O–H groups in total. The Balaban J connectivity index is 2.07. The van der Waals surface area contributed by atoms with Gasteiger partial charge in [-0.15, -0.1) is 0 Å². The molecule has 10 nitrogen and oxygen atoms in total. The number of nitrogens with two attached hydrogens (primary N) is 1. The van der Waals surface area contributed by atoms with E-state index in [2.05, 4.69) is 10.6 Å². The Kier molecular flexibility index (Phi) is 9.37. The number of hydrogen-bond acceptors (Lipinski definition) is 6. The van der Waals surface area contributed by atoms with Crippen LogP contribution in [0.1, 0.15) is 24.0 Å². The van der Waals surface area contributed by atoms with Gasteiger partial charge in [-0.05, 0) is 36.1 Å². The standard InChI is InChI=1S/C23H27N3O7/c24-17(12-14-4-2-1-3-5-14)21(30)25-18(10-11-20(28)29)22(31)26-19(23(32)33)13-15-6-8-16(27)9-7-15/h1-9,17-19,27H,10-13,24H2,(H,25,30)(H,26,31)(H,28,29)(H,32,33)/t17-,18-,19-/m0/s1. The Morgan fingerprint density at radius 3 is 1.94 bits per heavy atom. The molecule has 2 aromatic rings. The number of carbonyl (C=O) groups is 4. The molecule has 0 aromatic heterocycles. The molecule has 0 aliphatic rings. The van der Waals surface area contributed by atoms with E-state index in [0.717, 1.165) is 5.56 Å². The normalized spacial score (nSPS) is 13.4. The van der Waals surface area contributed by atoms with Crippen molar-refractivity contribution in [3.05, 3.63) is 65.7 Å². The second kappa shape index (κ2) is 12.2. The molecule has 3 atom stereocenters. The molecule has 0 saturated heterocycles. The monoisotopic (exact) mass is 457 g/mol. The molecule has 0 fully saturated rings. The summed E-state index contributed by atoms with van der Waals surface area (Å²) in [7, 11) is 0. The van der Waals surface area contributed by atoms with Crippen molar-refractivity contribution in [3.63, 3.8) is 0 Å². The van der Waals surface area contributed by atoms with E-state index in [1.54, 1.807) is 24.3 Å². The first-order valence-corrected chi connectivity index (χ1v) is 10.3. The number of carboxylic acids is 2. The van der Waals surface area contributed by atoms with Gasteiger partial charge in [0.05, 0.1) is 6.04 Å². The topological polar surface area (TPSA) is 179 Å². The number of benzene rings is 2. The molecule has 0 saturated carbocycles. The largest absolute Gasteiger partial charge is 0.508 e. The first-order valence-electron chi connectivity index (χ1n) is 10.3. The van der Waals surface area contributed by atoms with Crippen LogP contribution in [0.5, 0.6) is 5.75 Å². The zero-order chi connectivity index (χ0) is 24.4. The maximum atomic E-state index is 12.8. The molecule has 0 bridgehead atoms. The van der Waals surface area contributed by atoms with Crippen LogP contribution in [0, 0.1) is 0 Å². The van der Waals surface area contributed by atoms with E-state index in [4.69, 9.17) is 10.8 Å². The van der Waals surface area contributed by atoms with Gasteiger partial charge in [-0.2, -0.15) is 0 Å². The van der Waals surface area contributed by atoms with Crippen LogP contribution in [0.2, 0.25) is 0 Å². The fraction of sp³-hybridized carbons (Fsp3) is 0.304. The van der Waals surface area contributed by atoms with Crippen molar-refractivity contribution in [3.8, 4) is 5.75 Å². The summed E-state index contributed by atoms with van der Waals surface area (Å²) in [6.07, 6.45) is -0.522. The number of hydrogen-bond donors (Lipinski definition) is 6. The predicted molar refractivity (Wildman–Crippen MR) is 118 cm³/mol. The van der Waals surface area contributed by atoms with Gasteiger partial charge < -0.3 is 31.7 Å². The average molecular weight is 457 g/mol. The second-order valence-electron chi connectivity index (χ2n) is 7.56. The van der Waals surface area contributed by atoms with Crippen molar-refractivity contribution in [2.24, 2.45) is 5.73 Å². The van der Waals surface area contributed by atoms with E-state index in [1.807, 2.05) is 6.07 Å². The van der Waals surface area contributed by atoms with Gasteiger partial charge in [0.25, 0.3) is 0 Å². The Morgan fingerprint density at radius 2 is 1.36 bits per heavy atom. The van der Waals surface area contributed by atoms with Crippen molar-refractivity contribution < 1.29 is 34.5 Å². The molecule has 0 aliphatic heterocycles. The minimum atomic E-state index is -1.33. The third-order valence-corrected chi connectivity index (χ3v) is 4.91. The lowest BCUT2D eigenvalue weighted by Gasteiger charge is -2.22. The summed E-state index contributed by atoms with van der Waals surface area (Å²) in [6.45, 7) is 0. The van der Waals surface area contributed by atoms with Crippen LogP contribution in [0.3, 0.4) is 0 Å². The molecule has 2 aromatic carbocycles. The maximum absolute atomic E-state index is 12.8. The summed E-state index contributed by atoms with van der Waals surface area (Å²) < 4.78 is 0. The first-order chi connectivity index (χ1) is 15.7. The maximum Gasteiger partial charge on any atom is 0.326 e. The van der Waals surface area contributed by atoms with Crippen molar-refractivity contribution >= 4 is 23.8 Å². The zero-order valence-electron chi connectivity index (χ0n) is 17.8. The van der Waals surface area contributed by atoms with Crippen molar-refractivity contribution in [2.75, 3.05) is 0 Å². The summed E-state index contributed by atoms with van der Waals surface area (Å²) in [6, 6.07) is 11.2. The molecule has 10 heteroatoms. The van der Waals surface area contributed by atoms with Gasteiger partial charge >= 0.3 is 11.9 Å². The van der Waals surface area contributed by atoms with Crippen LogP contribution in [0.4, 0.5) is 0 Å². The lowest BCUT2D eigenvalue weighted by molar-refractivity contribution is -0.143. The van der Waals surface area contributed by atoms with Crippen LogP contribution >= 0.6 is 0 Å². The highest BCUT2D eigenvalue weighted by atomic mass is 16.4. The summed E-state index contributed by atoms with van der Waals surface area (Å²) in [5, 5.41) is 32.6. The molecule has 0 radical (unpaired) electrons. The van der Waals surface area contributed by atoms with Gasteiger partial charge in [0.2, 0.25) is 11.8 Å². The van der Waals surface area contributed by atoms with Gasteiger partial charge in [-0.1, -0.05) is 42.5 Å². The van der Waals surface area contributed by atoms with Gasteiger partial charge in [-0.3, -0.25) is 14.4 Å². The Bertz CT molecular complexity index is 964. The van der Waals surface area contributed by atoms with Gasteiger partial charge in [0.15, 0.2) is 0 Å². The molecular weight excluding hydrogens is 430 g/mol. The number of phenolic OH excluding ortho intramolecular Hbond substituents is 1. The molecular formula is C23H27N3O7. The fourth-order valence-corrected chi connectivity index (χ4v) is 3.12. The average Bonchev–Trinajstić information content (AvgIpc) is 2.77. The smallest absolute Gasteiger partial charge is 0.326 e. The van der Waals surface area contributed by atoms with E-state index in [0.29, 0.717) is 5.56 Å². The zero-order valence-corrected chi connectivity index (χ0v) is 17.8. The Labute approximate surface area is 190 Å². The number of aromatic hydroxyl groups is 1. The summed E-state index contributed by atoms with van der Waals surface area (Å²) in [4.78, 5) is 48.0. The van der Waals surface area contributed by atoms with Crippen LogP contribution in [0.15, 0.2) is 54.6 Å². The predicted octanol–water partition coefficient (Wildman–Crippen LogP) is 0.424. The molecule has 2 amide bonds. The number of nitrogens with one attached hydrogen (secondary N) is 2. The van der Waals surface area contributed by atoms with E-state index >= 15 is 0 Å². The van der Waals surface area contributed by atoms with E-state index < -0.39 is 48.3 Å². The highest BCUT2D eigenvalue weighted by Crippen LogP contribution is 2.12. The SMILES string of the molecule is N[C@@H](Cc1ccccc1)C(=O)N[C@@H](CCC(=O)O)C(=O)N[C@@H](Cc1ccc(O)cc1)C(=O)O. The summed E-state index contributed by atoms with van der Waals surface area (Å²) >= 11 is 0. The lowest BCUT2D eigenvalue weighted by Crippen LogP contribution is -2.55. The molecule has 0 aliphatic carbocycles. The van der Waals surface area contributed by atoms with Crippen molar-refractivity contribution in [2.45, 2.75) is 43.8 Å². The third kappa shape index (κ3) is 8.62. The van der Waals surface area contributed by atoms with E-state index in [1.165, 1.54) is 24.3 Å². The van der Waals surface area contributed by atoms with Gasteiger partial charge in [0.1, 0.15) is 17.8 Å². The lowest BCUT2D eigenvalue weighted by atomic mass is 10.0. The highest BCUT2D eigenvalue weighted by molar-refractivity contribution is 5.92. The Hall–Kier alpha value is -3.92. The molecule has 176 valence electrons. The van der Waals surface area contributed by atoms with Crippen LogP contribution in [0.25, 0.3) is 0 Å². The minimum Gasteiger partial charge on any atom is -0.508 e. The second-order valence-corrected chi connectivity index (χ2v) is 7.56. The van der Waals surface area contributed by atoms with E-state index in [9.17, 15) is 29.4 Å². The molecule has 2 rings (SSSR count). The number of aliphatic carboxylic acids is 2. The summed E-state index contributed by atoms with van der Waals surface area (Å²) in [5.41, 5.74) is 7.31. The number of amides is 2. The van der Waals surface area contributed by atoms with Crippen LogP contribution < -0.4 is 16.4 Å². The van der Waals surface area contributed by atoms with E-state index in [-0.39, 0.29) is 25.0 Å². The van der Waals surface area contributed by atoms with Crippen LogP contribution in [-0.4, -0.2) is 57.2 Å². The minimum absolute atomic E-state index is 0.0120.